The number of nitrogens with zero attached hydrogens (tertiary/aromatic N) is 1. The topological polar surface area (TPSA) is 56.3 Å². The maximum Gasteiger partial charge on any atom is 0.180 e. The minimum atomic E-state index is -0.906. The molecular formula is C24H17NO3. The summed E-state index contributed by atoms with van der Waals surface area (Å²) in [6.45, 7) is 2.53. The van der Waals surface area contributed by atoms with Crippen molar-refractivity contribution < 1.29 is 14.3 Å². The molecule has 1 aliphatic rings. The first-order valence-electron chi connectivity index (χ1n) is 9.31. The number of rotatable bonds is 3. The Morgan fingerprint density at radius 2 is 1.57 bits per heavy atom. The average Bonchev–Trinajstić information content (AvgIpc) is 2.72. The molecule has 136 valence electrons. The molecule has 0 spiro atoms. The molecule has 0 saturated carbocycles. The second-order valence-electron chi connectivity index (χ2n) is 6.89. The van der Waals surface area contributed by atoms with Crippen LogP contribution in [0.25, 0.3) is 21.7 Å². The molecular weight excluding hydrogens is 350 g/mol. The minimum absolute atomic E-state index is 0.188. The quantitative estimate of drug-likeness (QED) is 0.481. The highest BCUT2D eigenvalue weighted by molar-refractivity contribution is 6.31. The van der Waals surface area contributed by atoms with Crippen LogP contribution in [0.2, 0.25) is 0 Å². The lowest BCUT2D eigenvalue weighted by atomic mass is 9.78. The van der Waals surface area contributed by atoms with Crippen LogP contribution in [-0.2, 0) is 0 Å². The standard InChI is InChI=1S/C24H17NO3/c1-2-28-16-10-12-19-15(13-16)9-11-20(25-19)22-23(26)17-7-3-5-14-6-4-8-18(21(14)17)24(22)27/h3-13,22H,2H2,1H3. The molecule has 1 aromatic heterocycles. The van der Waals surface area contributed by atoms with Gasteiger partial charge in [0.2, 0.25) is 0 Å². The first-order chi connectivity index (χ1) is 13.7. The maximum atomic E-state index is 13.2. The summed E-state index contributed by atoms with van der Waals surface area (Å²) < 4.78 is 5.53. The van der Waals surface area contributed by atoms with Gasteiger partial charge in [0.05, 0.1) is 17.8 Å². The van der Waals surface area contributed by atoms with Crippen molar-refractivity contribution >= 4 is 33.2 Å². The highest BCUT2D eigenvalue weighted by Gasteiger charge is 2.37. The zero-order valence-electron chi connectivity index (χ0n) is 15.3. The molecule has 0 amide bonds. The van der Waals surface area contributed by atoms with Crippen molar-refractivity contribution in [1.82, 2.24) is 4.98 Å². The van der Waals surface area contributed by atoms with Crippen molar-refractivity contribution in [3.8, 4) is 5.75 Å². The number of hydrogen-bond donors (Lipinski definition) is 0. The number of aromatic nitrogens is 1. The van der Waals surface area contributed by atoms with E-state index in [0.717, 1.165) is 27.4 Å². The molecule has 0 unspecified atom stereocenters. The lowest BCUT2D eigenvalue weighted by molar-refractivity contribution is 0.0854. The molecule has 0 saturated heterocycles. The summed E-state index contributed by atoms with van der Waals surface area (Å²) in [5, 5.41) is 2.57. The lowest BCUT2D eigenvalue weighted by Crippen LogP contribution is -2.28. The maximum absolute atomic E-state index is 13.2. The van der Waals surface area contributed by atoms with E-state index in [1.54, 1.807) is 18.2 Å². The van der Waals surface area contributed by atoms with E-state index < -0.39 is 5.92 Å². The molecule has 28 heavy (non-hydrogen) atoms. The number of benzene rings is 3. The van der Waals surface area contributed by atoms with Gasteiger partial charge in [-0.25, -0.2) is 0 Å². The fraction of sp³-hybridized carbons (Fsp3) is 0.125. The van der Waals surface area contributed by atoms with Gasteiger partial charge in [0.1, 0.15) is 11.7 Å². The van der Waals surface area contributed by atoms with Crippen LogP contribution in [0.4, 0.5) is 0 Å². The number of carbonyl (C=O) groups excluding carboxylic acids is 2. The van der Waals surface area contributed by atoms with Crippen molar-refractivity contribution in [2.75, 3.05) is 6.61 Å². The van der Waals surface area contributed by atoms with Gasteiger partial charge in [-0.2, -0.15) is 0 Å². The van der Waals surface area contributed by atoms with Crippen LogP contribution in [-0.4, -0.2) is 23.2 Å². The molecule has 4 aromatic rings. The first kappa shape index (κ1) is 16.6. The molecule has 4 nitrogen and oxygen atoms in total. The minimum Gasteiger partial charge on any atom is -0.494 e. The van der Waals surface area contributed by atoms with Crippen molar-refractivity contribution in [3.63, 3.8) is 0 Å². The molecule has 5 rings (SSSR count). The Morgan fingerprint density at radius 3 is 2.25 bits per heavy atom. The molecule has 0 fully saturated rings. The SMILES string of the molecule is CCOc1ccc2nc(C3C(=O)c4cccc5cccc(c45)C3=O)ccc2c1. The van der Waals surface area contributed by atoms with Crippen molar-refractivity contribution in [1.29, 1.82) is 0 Å². The van der Waals surface area contributed by atoms with Crippen LogP contribution < -0.4 is 4.74 Å². The van der Waals surface area contributed by atoms with E-state index in [9.17, 15) is 9.59 Å². The third-order valence-corrected chi connectivity index (χ3v) is 5.25. The highest BCUT2D eigenvalue weighted by Crippen LogP contribution is 2.36. The molecule has 0 atom stereocenters. The van der Waals surface area contributed by atoms with E-state index >= 15 is 0 Å². The summed E-state index contributed by atoms with van der Waals surface area (Å²) in [4.78, 5) is 31.1. The average molecular weight is 367 g/mol. The number of carbonyl (C=O) groups is 2. The van der Waals surface area contributed by atoms with E-state index in [-0.39, 0.29) is 11.6 Å². The summed E-state index contributed by atoms with van der Waals surface area (Å²) in [5.74, 6) is -0.509. The van der Waals surface area contributed by atoms with E-state index in [1.165, 1.54) is 0 Å². The molecule has 0 radical (unpaired) electrons. The third-order valence-electron chi connectivity index (χ3n) is 5.25. The monoisotopic (exact) mass is 367 g/mol. The Kier molecular flexibility index (Phi) is 3.72. The Hall–Kier alpha value is -3.53. The lowest BCUT2D eigenvalue weighted by Gasteiger charge is -2.22. The van der Waals surface area contributed by atoms with E-state index in [0.29, 0.717) is 23.4 Å². The van der Waals surface area contributed by atoms with Gasteiger partial charge in [0.25, 0.3) is 0 Å². The Bertz CT molecular complexity index is 1220. The number of Topliss-reactive ketones (excluding diaryl/α,β-unsaturated/α-hetero) is 2. The molecule has 4 heteroatoms. The number of fused-ring (bicyclic) bond motifs is 1. The zero-order valence-corrected chi connectivity index (χ0v) is 15.3. The van der Waals surface area contributed by atoms with Gasteiger partial charge < -0.3 is 4.74 Å². The molecule has 0 bridgehead atoms. The predicted octanol–water partition coefficient (Wildman–Crippen LogP) is 4.95. The largest absolute Gasteiger partial charge is 0.494 e. The third kappa shape index (κ3) is 2.42. The summed E-state index contributed by atoms with van der Waals surface area (Å²) >= 11 is 0. The number of ether oxygens (including phenoxy) is 1. The van der Waals surface area contributed by atoms with Crippen LogP contribution >= 0.6 is 0 Å². The second kappa shape index (κ2) is 6.27. The van der Waals surface area contributed by atoms with Crippen LogP contribution in [0.15, 0.2) is 66.7 Å². The Morgan fingerprint density at radius 1 is 0.857 bits per heavy atom. The van der Waals surface area contributed by atoms with Crippen LogP contribution in [0.5, 0.6) is 5.75 Å². The van der Waals surface area contributed by atoms with Gasteiger partial charge in [-0.1, -0.05) is 42.5 Å². The fourth-order valence-electron chi connectivity index (χ4n) is 3.99. The van der Waals surface area contributed by atoms with Crippen molar-refractivity contribution in [2.45, 2.75) is 12.8 Å². The fourth-order valence-corrected chi connectivity index (χ4v) is 3.99. The Labute approximate surface area is 161 Å². The van der Waals surface area contributed by atoms with E-state index in [2.05, 4.69) is 4.98 Å². The molecule has 0 aliphatic heterocycles. The molecule has 3 aromatic carbocycles. The van der Waals surface area contributed by atoms with E-state index in [1.807, 2.05) is 55.5 Å². The molecule has 0 N–H and O–H groups in total. The summed E-state index contributed by atoms with van der Waals surface area (Å²) in [6.07, 6.45) is 0. The number of pyridine rings is 1. The van der Waals surface area contributed by atoms with Gasteiger partial charge in [0, 0.05) is 21.9 Å². The van der Waals surface area contributed by atoms with Gasteiger partial charge in [-0.3, -0.25) is 14.6 Å². The first-order valence-corrected chi connectivity index (χ1v) is 9.31. The van der Waals surface area contributed by atoms with Gasteiger partial charge in [-0.15, -0.1) is 0 Å². The molecule has 1 aliphatic carbocycles. The highest BCUT2D eigenvalue weighted by atomic mass is 16.5. The number of ketones is 2. The predicted molar refractivity (Wildman–Crippen MR) is 108 cm³/mol. The molecule has 1 heterocycles. The summed E-state index contributed by atoms with van der Waals surface area (Å²) in [6, 6.07) is 20.4. The summed E-state index contributed by atoms with van der Waals surface area (Å²) in [7, 11) is 0. The second-order valence-corrected chi connectivity index (χ2v) is 6.89. The number of hydrogen-bond acceptors (Lipinski definition) is 4. The van der Waals surface area contributed by atoms with Crippen molar-refractivity contribution in [3.05, 3.63) is 83.6 Å². The summed E-state index contributed by atoms with van der Waals surface area (Å²) in [5.41, 5.74) is 2.40. The Balaban J connectivity index is 1.64. The van der Waals surface area contributed by atoms with Gasteiger partial charge in [-0.05, 0) is 36.6 Å². The van der Waals surface area contributed by atoms with Gasteiger partial charge in [0.15, 0.2) is 11.6 Å². The van der Waals surface area contributed by atoms with Crippen molar-refractivity contribution in [2.24, 2.45) is 0 Å². The normalized spacial score (nSPS) is 14.0. The van der Waals surface area contributed by atoms with Crippen LogP contribution in [0.1, 0.15) is 39.3 Å². The zero-order chi connectivity index (χ0) is 19.3. The van der Waals surface area contributed by atoms with Crippen LogP contribution in [0.3, 0.4) is 0 Å². The van der Waals surface area contributed by atoms with E-state index in [4.69, 9.17) is 4.74 Å². The van der Waals surface area contributed by atoms with Gasteiger partial charge >= 0.3 is 0 Å². The smallest absolute Gasteiger partial charge is 0.180 e. The van der Waals surface area contributed by atoms with Crippen LogP contribution in [0, 0.1) is 0 Å².